The van der Waals surface area contributed by atoms with E-state index in [0.29, 0.717) is 13.0 Å². The lowest BCUT2D eigenvalue weighted by atomic mass is 10.1. The first kappa shape index (κ1) is 13.6. The molecule has 0 aromatic heterocycles. The van der Waals surface area contributed by atoms with E-state index >= 15 is 0 Å². The van der Waals surface area contributed by atoms with E-state index in [9.17, 15) is 28.4 Å². The van der Waals surface area contributed by atoms with Gasteiger partial charge in [-0.05, 0) is 18.6 Å². The first-order valence-corrected chi connectivity index (χ1v) is 5.57. The van der Waals surface area contributed by atoms with Crippen molar-refractivity contribution in [2.75, 3.05) is 18.0 Å². The molecule has 0 unspecified atom stereocenters. The number of benzene rings is 1. The van der Waals surface area contributed by atoms with E-state index in [1.165, 1.54) is 6.07 Å². The second-order valence-corrected chi connectivity index (χ2v) is 4.34. The van der Waals surface area contributed by atoms with Gasteiger partial charge < -0.3 is 10.0 Å². The Morgan fingerprint density at radius 1 is 1.42 bits per heavy atom. The number of rotatable bonds is 2. The van der Waals surface area contributed by atoms with Crippen LogP contribution in [0.1, 0.15) is 12.0 Å². The molecule has 2 rings (SSSR count). The molecule has 8 heteroatoms. The van der Waals surface area contributed by atoms with Crippen LogP contribution in [0.4, 0.5) is 24.5 Å². The summed E-state index contributed by atoms with van der Waals surface area (Å²) < 4.78 is 38.3. The van der Waals surface area contributed by atoms with E-state index in [2.05, 4.69) is 0 Å². The van der Waals surface area contributed by atoms with E-state index in [1.807, 2.05) is 0 Å². The number of aliphatic hydroxyl groups excluding tert-OH is 1. The number of halogens is 3. The second kappa shape index (κ2) is 4.69. The van der Waals surface area contributed by atoms with Gasteiger partial charge in [-0.15, -0.1) is 0 Å². The fraction of sp³-hybridized carbons (Fsp3) is 0.455. The Balaban J connectivity index is 2.41. The first-order chi connectivity index (χ1) is 8.79. The molecule has 0 bridgehead atoms. The molecule has 1 saturated heterocycles. The molecule has 1 aliphatic heterocycles. The Morgan fingerprint density at radius 2 is 2.11 bits per heavy atom. The van der Waals surface area contributed by atoms with Gasteiger partial charge in [0, 0.05) is 24.8 Å². The van der Waals surface area contributed by atoms with Gasteiger partial charge in [0.15, 0.2) is 0 Å². The summed E-state index contributed by atoms with van der Waals surface area (Å²) in [5.41, 5.74) is -2.00. The van der Waals surface area contributed by atoms with Crippen molar-refractivity contribution >= 4 is 11.4 Å². The molecule has 1 heterocycles. The third-order valence-electron chi connectivity index (χ3n) is 3.01. The molecule has 5 nitrogen and oxygen atoms in total. The number of hydrogen-bond acceptors (Lipinski definition) is 4. The summed E-state index contributed by atoms with van der Waals surface area (Å²) in [5.74, 6) is 0. The Kier molecular flexibility index (Phi) is 3.36. The minimum absolute atomic E-state index is 0.231. The molecular weight excluding hydrogens is 265 g/mol. The number of alkyl halides is 3. The Morgan fingerprint density at radius 3 is 2.58 bits per heavy atom. The highest BCUT2D eigenvalue weighted by Gasteiger charge is 2.39. The minimum atomic E-state index is -4.78. The number of hydrogen-bond donors (Lipinski definition) is 1. The van der Waals surface area contributed by atoms with Crippen LogP contribution in [-0.4, -0.2) is 29.2 Å². The van der Waals surface area contributed by atoms with Gasteiger partial charge in [-0.1, -0.05) is 0 Å². The smallest absolute Gasteiger partial charge is 0.391 e. The molecule has 1 aromatic rings. The van der Waals surface area contributed by atoms with Crippen molar-refractivity contribution in [2.45, 2.75) is 18.7 Å². The summed E-state index contributed by atoms with van der Waals surface area (Å²) in [6.45, 7) is 0.658. The molecule has 1 aliphatic rings. The monoisotopic (exact) mass is 276 g/mol. The van der Waals surface area contributed by atoms with Crippen LogP contribution in [0.3, 0.4) is 0 Å². The van der Waals surface area contributed by atoms with Crippen molar-refractivity contribution < 1.29 is 23.2 Å². The average Bonchev–Trinajstić information content (AvgIpc) is 2.74. The maximum Gasteiger partial charge on any atom is 0.423 e. The average molecular weight is 276 g/mol. The maximum absolute atomic E-state index is 12.8. The summed E-state index contributed by atoms with van der Waals surface area (Å²) >= 11 is 0. The van der Waals surface area contributed by atoms with Gasteiger partial charge >= 0.3 is 6.18 Å². The molecule has 0 amide bonds. The first-order valence-electron chi connectivity index (χ1n) is 5.57. The third-order valence-corrected chi connectivity index (χ3v) is 3.01. The number of anilines is 1. The van der Waals surface area contributed by atoms with Crippen molar-refractivity contribution in [2.24, 2.45) is 0 Å². The largest absolute Gasteiger partial charge is 0.423 e. The fourth-order valence-corrected chi connectivity index (χ4v) is 2.08. The number of aliphatic hydroxyl groups is 1. The highest BCUT2D eigenvalue weighted by Crippen LogP contribution is 2.38. The summed E-state index contributed by atoms with van der Waals surface area (Å²) in [6, 6.07) is 2.88. The predicted molar refractivity (Wildman–Crippen MR) is 60.9 cm³/mol. The second-order valence-electron chi connectivity index (χ2n) is 4.34. The molecule has 0 saturated carbocycles. The zero-order valence-corrected chi connectivity index (χ0v) is 9.72. The number of nitro benzene ring substituents is 1. The van der Waals surface area contributed by atoms with Crippen molar-refractivity contribution in [1.29, 1.82) is 0 Å². The molecule has 1 atom stereocenters. The molecule has 19 heavy (non-hydrogen) atoms. The number of nitro groups is 1. The predicted octanol–water partition coefficient (Wildman–Crippen LogP) is 2.18. The Labute approximate surface area is 106 Å². The SMILES string of the molecule is O=[N+]([O-])c1ccc(N2CC[C@H](O)C2)cc1C(F)(F)F. The summed E-state index contributed by atoms with van der Waals surface area (Å²) in [5, 5.41) is 20.0. The van der Waals surface area contributed by atoms with Gasteiger partial charge in [0.1, 0.15) is 5.56 Å². The van der Waals surface area contributed by atoms with Crippen LogP contribution in [0.5, 0.6) is 0 Å². The van der Waals surface area contributed by atoms with Crippen LogP contribution in [-0.2, 0) is 6.18 Å². The zero-order valence-electron chi connectivity index (χ0n) is 9.72. The topological polar surface area (TPSA) is 66.6 Å². The summed E-state index contributed by atoms with van der Waals surface area (Å²) in [6.07, 6.45) is -4.89. The Bertz CT molecular complexity index is 504. The highest BCUT2D eigenvalue weighted by atomic mass is 19.4. The van der Waals surface area contributed by atoms with E-state index in [-0.39, 0.29) is 12.2 Å². The van der Waals surface area contributed by atoms with Crippen LogP contribution in [0.15, 0.2) is 18.2 Å². The number of nitrogens with zero attached hydrogens (tertiary/aromatic N) is 2. The lowest BCUT2D eigenvalue weighted by molar-refractivity contribution is -0.388. The molecule has 0 spiro atoms. The van der Waals surface area contributed by atoms with E-state index in [0.717, 1.165) is 12.1 Å². The Hall–Kier alpha value is -1.83. The van der Waals surface area contributed by atoms with Gasteiger partial charge in [-0.2, -0.15) is 13.2 Å². The molecule has 104 valence electrons. The van der Waals surface area contributed by atoms with Gasteiger partial charge in [-0.25, -0.2) is 0 Å². The van der Waals surface area contributed by atoms with Gasteiger partial charge in [0.2, 0.25) is 0 Å². The normalized spacial score (nSPS) is 19.8. The van der Waals surface area contributed by atoms with Gasteiger partial charge in [0.25, 0.3) is 5.69 Å². The highest BCUT2D eigenvalue weighted by molar-refractivity contribution is 5.57. The van der Waals surface area contributed by atoms with Crippen molar-refractivity contribution in [3.8, 4) is 0 Å². The molecule has 1 aromatic carbocycles. The standard InChI is InChI=1S/C11H11F3N2O3/c12-11(13,14)9-5-7(1-2-10(9)16(18)19)15-4-3-8(17)6-15/h1-2,5,8,17H,3-4,6H2/t8-/m0/s1. The van der Waals surface area contributed by atoms with Gasteiger partial charge in [0.05, 0.1) is 11.0 Å². The fourth-order valence-electron chi connectivity index (χ4n) is 2.08. The van der Waals surface area contributed by atoms with Crippen LogP contribution >= 0.6 is 0 Å². The lowest BCUT2D eigenvalue weighted by Crippen LogP contribution is -2.22. The molecular formula is C11H11F3N2O3. The van der Waals surface area contributed by atoms with Crippen LogP contribution in [0, 0.1) is 10.1 Å². The number of β-amino-alcohol motifs (C(OH)–C–C–N with tert-alkyl or cyclic N) is 1. The third kappa shape index (κ3) is 2.78. The molecule has 1 fully saturated rings. The molecule has 0 radical (unpaired) electrons. The van der Waals surface area contributed by atoms with Crippen LogP contribution in [0.2, 0.25) is 0 Å². The van der Waals surface area contributed by atoms with E-state index < -0.39 is 28.5 Å². The lowest BCUT2D eigenvalue weighted by Gasteiger charge is -2.19. The van der Waals surface area contributed by atoms with Crippen molar-refractivity contribution in [3.63, 3.8) is 0 Å². The maximum atomic E-state index is 12.8. The van der Waals surface area contributed by atoms with Gasteiger partial charge in [-0.3, -0.25) is 10.1 Å². The zero-order chi connectivity index (χ0) is 14.2. The van der Waals surface area contributed by atoms with Crippen LogP contribution in [0.25, 0.3) is 0 Å². The summed E-state index contributed by atoms with van der Waals surface area (Å²) in [4.78, 5) is 11.1. The summed E-state index contributed by atoms with van der Waals surface area (Å²) in [7, 11) is 0. The minimum Gasteiger partial charge on any atom is -0.391 e. The van der Waals surface area contributed by atoms with E-state index in [1.54, 1.807) is 4.90 Å². The van der Waals surface area contributed by atoms with Crippen LogP contribution < -0.4 is 4.90 Å². The van der Waals surface area contributed by atoms with Crippen molar-refractivity contribution in [3.05, 3.63) is 33.9 Å². The molecule has 1 N–H and O–H groups in total. The van der Waals surface area contributed by atoms with E-state index in [4.69, 9.17) is 0 Å². The molecule has 0 aliphatic carbocycles. The van der Waals surface area contributed by atoms with Crippen molar-refractivity contribution in [1.82, 2.24) is 0 Å². The quantitative estimate of drug-likeness (QED) is 0.664.